The van der Waals surface area contributed by atoms with Crippen LogP contribution < -0.4 is 5.32 Å². The maximum atomic E-state index is 12.0. The van der Waals surface area contributed by atoms with Crippen LogP contribution in [0.3, 0.4) is 0 Å². The lowest BCUT2D eigenvalue weighted by Gasteiger charge is -2.05. The van der Waals surface area contributed by atoms with Gasteiger partial charge in [-0.05, 0) is 33.1 Å². The molecular formula is C15H22N4O2S. The molecule has 0 aliphatic carbocycles. The topological polar surface area (TPSA) is 80.9 Å². The van der Waals surface area contributed by atoms with Crippen molar-refractivity contribution in [3.63, 3.8) is 0 Å². The summed E-state index contributed by atoms with van der Waals surface area (Å²) < 4.78 is 5.10. The van der Waals surface area contributed by atoms with Gasteiger partial charge in [0.25, 0.3) is 0 Å². The van der Waals surface area contributed by atoms with E-state index >= 15 is 0 Å². The highest BCUT2D eigenvalue weighted by Gasteiger charge is 2.15. The molecule has 120 valence electrons. The first-order valence-corrected chi connectivity index (χ1v) is 8.41. The summed E-state index contributed by atoms with van der Waals surface area (Å²) in [4.78, 5) is 12.0. The Labute approximate surface area is 134 Å². The largest absolute Gasteiger partial charge is 0.361 e. The van der Waals surface area contributed by atoms with Crippen molar-refractivity contribution in [3.05, 3.63) is 22.0 Å². The molecular weight excluding hydrogens is 300 g/mol. The Morgan fingerprint density at radius 2 is 2.00 bits per heavy atom. The van der Waals surface area contributed by atoms with Crippen molar-refractivity contribution in [2.75, 3.05) is 5.32 Å². The highest BCUT2D eigenvalue weighted by atomic mass is 32.1. The maximum Gasteiger partial charge on any atom is 0.226 e. The average molecular weight is 322 g/mol. The van der Waals surface area contributed by atoms with Crippen LogP contribution in [0.25, 0.3) is 0 Å². The predicted octanol–water partition coefficient (Wildman–Crippen LogP) is 3.62. The Balaban J connectivity index is 1.90. The van der Waals surface area contributed by atoms with Crippen LogP contribution in [0, 0.1) is 13.8 Å². The number of nitrogens with zero attached hydrogens (tertiary/aromatic N) is 3. The summed E-state index contributed by atoms with van der Waals surface area (Å²) in [6.45, 7) is 8.02. The monoisotopic (exact) mass is 322 g/mol. The van der Waals surface area contributed by atoms with Crippen LogP contribution in [0.2, 0.25) is 0 Å². The van der Waals surface area contributed by atoms with E-state index in [0.29, 0.717) is 23.9 Å². The number of hydrogen-bond donors (Lipinski definition) is 1. The van der Waals surface area contributed by atoms with E-state index in [1.807, 2.05) is 13.8 Å². The molecule has 2 aromatic rings. The van der Waals surface area contributed by atoms with Gasteiger partial charge in [0.05, 0.1) is 5.69 Å². The second-order valence-electron chi connectivity index (χ2n) is 5.31. The van der Waals surface area contributed by atoms with E-state index in [2.05, 4.69) is 34.5 Å². The lowest BCUT2D eigenvalue weighted by atomic mass is 10.1. The predicted molar refractivity (Wildman–Crippen MR) is 86.2 cm³/mol. The second-order valence-corrected chi connectivity index (χ2v) is 6.32. The van der Waals surface area contributed by atoms with E-state index in [4.69, 9.17) is 4.52 Å². The summed E-state index contributed by atoms with van der Waals surface area (Å²) >= 11 is 1.46. The van der Waals surface area contributed by atoms with E-state index in [1.54, 1.807) is 0 Å². The maximum absolute atomic E-state index is 12.0. The number of amides is 1. The number of aryl methyl sites for hydroxylation is 2. The second kappa shape index (κ2) is 7.49. The van der Waals surface area contributed by atoms with Crippen molar-refractivity contribution in [1.29, 1.82) is 0 Å². The van der Waals surface area contributed by atoms with Gasteiger partial charge < -0.3 is 9.84 Å². The molecule has 7 heteroatoms. The van der Waals surface area contributed by atoms with Crippen molar-refractivity contribution in [2.24, 2.45) is 0 Å². The number of rotatable bonds is 7. The molecule has 2 heterocycles. The first kappa shape index (κ1) is 16.6. The van der Waals surface area contributed by atoms with Crippen LogP contribution >= 0.6 is 11.3 Å². The smallest absolute Gasteiger partial charge is 0.226 e. The number of carbonyl (C=O) groups excluding carboxylic acids is 1. The Morgan fingerprint density at radius 3 is 2.59 bits per heavy atom. The molecule has 0 unspecified atom stereocenters. The summed E-state index contributed by atoms with van der Waals surface area (Å²) in [5.41, 5.74) is 1.85. The van der Waals surface area contributed by atoms with E-state index in [-0.39, 0.29) is 5.91 Å². The molecule has 0 aromatic carbocycles. The quantitative estimate of drug-likeness (QED) is 0.842. The Morgan fingerprint density at radius 1 is 1.27 bits per heavy atom. The SMILES string of the molecule is CCC(CC)c1nnc(NC(=O)CCc2c(C)noc2C)s1. The average Bonchev–Trinajstić information content (AvgIpc) is 3.06. The molecule has 2 rings (SSSR count). The summed E-state index contributed by atoms with van der Waals surface area (Å²) in [6, 6.07) is 0. The molecule has 1 N–H and O–H groups in total. The van der Waals surface area contributed by atoms with E-state index in [0.717, 1.165) is 34.9 Å². The number of aromatic nitrogens is 3. The molecule has 0 radical (unpaired) electrons. The minimum Gasteiger partial charge on any atom is -0.361 e. The van der Waals surface area contributed by atoms with Crippen LogP contribution in [0.5, 0.6) is 0 Å². The van der Waals surface area contributed by atoms with Gasteiger partial charge in [-0.25, -0.2) is 0 Å². The van der Waals surface area contributed by atoms with Crippen LogP contribution in [0.1, 0.15) is 61.1 Å². The molecule has 0 bridgehead atoms. The van der Waals surface area contributed by atoms with Crippen LogP contribution in [0.15, 0.2) is 4.52 Å². The summed E-state index contributed by atoms with van der Waals surface area (Å²) in [6.07, 6.45) is 3.06. The number of carbonyl (C=O) groups is 1. The minimum absolute atomic E-state index is 0.0627. The zero-order chi connectivity index (χ0) is 16.1. The van der Waals surface area contributed by atoms with Gasteiger partial charge in [-0.1, -0.05) is 30.3 Å². The first-order chi connectivity index (χ1) is 10.5. The molecule has 0 aliphatic heterocycles. The lowest BCUT2D eigenvalue weighted by Crippen LogP contribution is -2.12. The van der Waals surface area contributed by atoms with Crippen molar-refractivity contribution in [3.8, 4) is 0 Å². The number of nitrogens with one attached hydrogen (secondary N) is 1. The van der Waals surface area contributed by atoms with Gasteiger partial charge in [-0.15, -0.1) is 10.2 Å². The van der Waals surface area contributed by atoms with Gasteiger partial charge in [-0.3, -0.25) is 4.79 Å². The van der Waals surface area contributed by atoms with Gasteiger partial charge in [0, 0.05) is 17.9 Å². The number of anilines is 1. The fraction of sp³-hybridized carbons (Fsp3) is 0.600. The molecule has 0 saturated heterocycles. The molecule has 0 aliphatic rings. The molecule has 2 aromatic heterocycles. The van der Waals surface area contributed by atoms with E-state index < -0.39 is 0 Å². The fourth-order valence-electron chi connectivity index (χ4n) is 2.37. The first-order valence-electron chi connectivity index (χ1n) is 7.60. The normalized spacial score (nSPS) is 11.1. The highest BCUT2D eigenvalue weighted by Crippen LogP contribution is 2.28. The minimum atomic E-state index is -0.0627. The standard InChI is InChI=1S/C15H22N4O2S/c1-5-11(6-2)14-17-18-15(22-14)16-13(20)8-7-12-9(3)19-21-10(12)4/h11H,5-8H2,1-4H3,(H,16,18,20). The van der Waals surface area contributed by atoms with Gasteiger partial charge in [-0.2, -0.15) is 0 Å². The van der Waals surface area contributed by atoms with Gasteiger partial charge in [0.2, 0.25) is 11.0 Å². The van der Waals surface area contributed by atoms with Crippen LogP contribution in [-0.4, -0.2) is 21.3 Å². The zero-order valence-electron chi connectivity index (χ0n) is 13.5. The van der Waals surface area contributed by atoms with Crippen molar-refractivity contribution in [2.45, 2.75) is 59.3 Å². The molecule has 0 fully saturated rings. The van der Waals surface area contributed by atoms with E-state index in [1.165, 1.54) is 11.3 Å². The molecule has 6 nitrogen and oxygen atoms in total. The Hall–Kier alpha value is -1.76. The summed E-state index contributed by atoms with van der Waals surface area (Å²) in [7, 11) is 0. The Bertz CT molecular complexity index is 612. The van der Waals surface area contributed by atoms with Crippen LogP contribution in [0.4, 0.5) is 5.13 Å². The third-order valence-electron chi connectivity index (χ3n) is 3.81. The molecule has 0 saturated carbocycles. The molecule has 0 atom stereocenters. The van der Waals surface area contributed by atoms with Gasteiger partial charge in [0.1, 0.15) is 10.8 Å². The highest BCUT2D eigenvalue weighted by molar-refractivity contribution is 7.15. The van der Waals surface area contributed by atoms with Crippen molar-refractivity contribution >= 4 is 22.4 Å². The van der Waals surface area contributed by atoms with Gasteiger partial charge >= 0.3 is 0 Å². The van der Waals surface area contributed by atoms with Crippen molar-refractivity contribution < 1.29 is 9.32 Å². The van der Waals surface area contributed by atoms with E-state index in [9.17, 15) is 4.79 Å². The van der Waals surface area contributed by atoms with Crippen molar-refractivity contribution in [1.82, 2.24) is 15.4 Å². The molecule has 0 spiro atoms. The fourth-order valence-corrected chi connectivity index (χ4v) is 3.39. The third kappa shape index (κ3) is 3.91. The Kier molecular flexibility index (Phi) is 5.65. The molecule has 1 amide bonds. The molecule has 22 heavy (non-hydrogen) atoms. The number of hydrogen-bond acceptors (Lipinski definition) is 6. The van der Waals surface area contributed by atoms with Crippen LogP contribution in [-0.2, 0) is 11.2 Å². The zero-order valence-corrected chi connectivity index (χ0v) is 14.3. The third-order valence-corrected chi connectivity index (χ3v) is 4.81. The van der Waals surface area contributed by atoms with Gasteiger partial charge in [0.15, 0.2) is 0 Å². The lowest BCUT2D eigenvalue weighted by molar-refractivity contribution is -0.116. The summed E-state index contributed by atoms with van der Waals surface area (Å²) in [5, 5.41) is 16.5. The summed E-state index contributed by atoms with van der Waals surface area (Å²) in [5.74, 6) is 1.13.